The predicted octanol–water partition coefficient (Wildman–Crippen LogP) is 3.94. The Labute approximate surface area is 137 Å². The third-order valence-corrected chi connectivity index (χ3v) is 3.23. The van der Waals surface area contributed by atoms with Crippen LogP contribution >= 0.6 is 0 Å². The molecule has 2 aromatic rings. The van der Waals surface area contributed by atoms with Crippen LogP contribution in [0.25, 0.3) is 0 Å². The quantitative estimate of drug-likeness (QED) is 0.785. The molecular weight excluding hydrogens is 321 g/mol. The summed E-state index contributed by atoms with van der Waals surface area (Å²) in [7, 11) is 0. The highest BCUT2D eigenvalue weighted by Crippen LogP contribution is 2.20. The number of amides is 1. The van der Waals surface area contributed by atoms with E-state index in [2.05, 4.69) is 10.6 Å². The number of hydrogen-bond acceptors (Lipinski definition) is 3. The van der Waals surface area contributed by atoms with Gasteiger partial charge in [0.15, 0.2) is 17.5 Å². The number of hydrogen-bond donors (Lipinski definition) is 2. The van der Waals surface area contributed by atoms with Crippen LogP contribution in [0.5, 0.6) is 5.75 Å². The first kappa shape index (κ1) is 17.7. The third kappa shape index (κ3) is 4.18. The molecule has 0 spiro atoms. The molecule has 1 atom stereocenters. The minimum absolute atomic E-state index is 0.417. The molecule has 0 saturated carbocycles. The van der Waals surface area contributed by atoms with Gasteiger partial charge in [-0.25, -0.2) is 13.2 Å². The Balaban J connectivity index is 2.01. The Kier molecular flexibility index (Phi) is 5.68. The summed E-state index contributed by atoms with van der Waals surface area (Å²) in [6.07, 6.45) is 0. The molecule has 0 fully saturated rings. The van der Waals surface area contributed by atoms with E-state index in [0.29, 0.717) is 18.0 Å². The van der Waals surface area contributed by atoms with E-state index in [4.69, 9.17) is 4.74 Å². The Morgan fingerprint density at radius 2 is 1.75 bits per heavy atom. The molecule has 2 aromatic carbocycles. The van der Waals surface area contributed by atoms with Crippen LogP contribution in [0.2, 0.25) is 0 Å². The fourth-order valence-corrected chi connectivity index (χ4v) is 1.99. The van der Waals surface area contributed by atoms with E-state index in [0.717, 1.165) is 12.1 Å². The molecule has 0 bridgehead atoms. The molecule has 7 heteroatoms. The van der Waals surface area contributed by atoms with Crippen LogP contribution in [0.15, 0.2) is 36.4 Å². The molecule has 0 aliphatic heterocycles. The standard InChI is InChI=1S/C17H17F3N2O2/c1-3-24-12-6-4-11(5-7-12)21-10(2)17(23)22-14-9-8-13(18)15(19)16(14)20/h4-10,21H,3H2,1-2H3,(H,22,23)/t10-/m1/s1. The normalized spacial score (nSPS) is 11.7. The van der Waals surface area contributed by atoms with Gasteiger partial charge >= 0.3 is 0 Å². The number of anilines is 2. The minimum Gasteiger partial charge on any atom is -0.494 e. The molecule has 0 heterocycles. The van der Waals surface area contributed by atoms with Crippen molar-refractivity contribution in [3.8, 4) is 5.75 Å². The van der Waals surface area contributed by atoms with Crippen LogP contribution in [0, 0.1) is 17.5 Å². The zero-order chi connectivity index (χ0) is 17.7. The summed E-state index contributed by atoms with van der Waals surface area (Å²) in [5.74, 6) is -4.26. The molecule has 0 unspecified atom stereocenters. The molecule has 2 rings (SSSR count). The van der Waals surface area contributed by atoms with E-state index in [1.165, 1.54) is 0 Å². The highest BCUT2D eigenvalue weighted by molar-refractivity contribution is 5.96. The van der Waals surface area contributed by atoms with E-state index >= 15 is 0 Å². The van der Waals surface area contributed by atoms with Gasteiger partial charge in [0.25, 0.3) is 0 Å². The van der Waals surface area contributed by atoms with Crippen molar-refractivity contribution in [1.82, 2.24) is 0 Å². The maximum absolute atomic E-state index is 13.6. The molecule has 0 saturated heterocycles. The number of benzene rings is 2. The van der Waals surface area contributed by atoms with Gasteiger partial charge in [0.05, 0.1) is 12.3 Å². The highest BCUT2D eigenvalue weighted by Gasteiger charge is 2.18. The topological polar surface area (TPSA) is 50.4 Å². The summed E-state index contributed by atoms with van der Waals surface area (Å²) < 4.78 is 44.9. The lowest BCUT2D eigenvalue weighted by molar-refractivity contribution is -0.116. The van der Waals surface area contributed by atoms with Crippen molar-refractivity contribution in [2.75, 3.05) is 17.2 Å². The van der Waals surface area contributed by atoms with E-state index < -0.39 is 35.1 Å². The molecule has 24 heavy (non-hydrogen) atoms. The zero-order valence-corrected chi connectivity index (χ0v) is 13.2. The van der Waals surface area contributed by atoms with Crippen LogP contribution < -0.4 is 15.4 Å². The summed E-state index contributed by atoms with van der Waals surface area (Å²) in [6, 6.07) is 7.93. The van der Waals surface area contributed by atoms with Crippen molar-refractivity contribution in [2.45, 2.75) is 19.9 Å². The molecule has 0 aliphatic rings. The number of halogens is 3. The van der Waals surface area contributed by atoms with Gasteiger partial charge in [-0.15, -0.1) is 0 Å². The number of ether oxygens (including phenoxy) is 1. The first-order chi connectivity index (χ1) is 11.4. The average Bonchev–Trinajstić information content (AvgIpc) is 2.57. The Morgan fingerprint density at radius 1 is 1.08 bits per heavy atom. The summed E-state index contributed by atoms with van der Waals surface area (Å²) in [5, 5.41) is 5.14. The van der Waals surface area contributed by atoms with E-state index in [9.17, 15) is 18.0 Å². The summed E-state index contributed by atoms with van der Waals surface area (Å²) in [6.45, 7) is 3.98. The Bertz CT molecular complexity index is 721. The van der Waals surface area contributed by atoms with Crippen molar-refractivity contribution in [2.24, 2.45) is 0 Å². The van der Waals surface area contributed by atoms with Gasteiger partial charge in [0.1, 0.15) is 11.8 Å². The van der Waals surface area contributed by atoms with Crippen LogP contribution in [0.4, 0.5) is 24.5 Å². The SMILES string of the molecule is CCOc1ccc(N[C@H](C)C(=O)Nc2ccc(F)c(F)c2F)cc1. The summed E-state index contributed by atoms with van der Waals surface area (Å²) >= 11 is 0. The van der Waals surface area contributed by atoms with Crippen molar-refractivity contribution in [1.29, 1.82) is 0 Å². The molecule has 128 valence electrons. The molecule has 1 amide bonds. The fourth-order valence-electron chi connectivity index (χ4n) is 1.99. The van der Waals surface area contributed by atoms with Crippen LogP contribution in [-0.4, -0.2) is 18.6 Å². The predicted molar refractivity (Wildman–Crippen MR) is 85.6 cm³/mol. The van der Waals surface area contributed by atoms with Crippen molar-refractivity contribution in [3.05, 3.63) is 53.8 Å². The van der Waals surface area contributed by atoms with Crippen LogP contribution in [-0.2, 0) is 4.79 Å². The van der Waals surface area contributed by atoms with Gasteiger partial charge in [-0.05, 0) is 50.2 Å². The first-order valence-electron chi connectivity index (χ1n) is 7.36. The first-order valence-corrected chi connectivity index (χ1v) is 7.36. The van der Waals surface area contributed by atoms with Gasteiger partial charge in [-0.3, -0.25) is 4.79 Å². The van der Waals surface area contributed by atoms with E-state index in [1.807, 2.05) is 6.92 Å². The van der Waals surface area contributed by atoms with Crippen molar-refractivity contribution < 1.29 is 22.7 Å². The fraction of sp³-hybridized carbons (Fsp3) is 0.235. The second-order valence-electron chi connectivity index (χ2n) is 5.04. The van der Waals surface area contributed by atoms with Gasteiger partial charge in [0, 0.05) is 5.69 Å². The van der Waals surface area contributed by atoms with Gasteiger partial charge in [0.2, 0.25) is 5.91 Å². The summed E-state index contributed by atoms with van der Waals surface area (Å²) in [4.78, 5) is 12.1. The van der Waals surface area contributed by atoms with Crippen molar-refractivity contribution >= 4 is 17.3 Å². The molecule has 0 aromatic heterocycles. The van der Waals surface area contributed by atoms with Crippen molar-refractivity contribution in [3.63, 3.8) is 0 Å². The maximum atomic E-state index is 13.6. The lowest BCUT2D eigenvalue weighted by atomic mass is 10.2. The second kappa shape index (κ2) is 7.72. The number of nitrogens with one attached hydrogen (secondary N) is 2. The molecule has 2 N–H and O–H groups in total. The Hall–Kier alpha value is -2.70. The van der Waals surface area contributed by atoms with Crippen LogP contribution in [0.1, 0.15) is 13.8 Å². The lowest BCUT2D eigenvalue weighted by Gasteiger charge is -2.16. The molecular formula is C17H17F3N2O2. The monoisotopic (exact) mass is 338 g/mol. The smallest absolute Gasteiger partial charge is 0.246 e. The highest BCUT2D eigenvalue weighted by atomic mass is 19.2. The number of carbonyl (C=O) groups is 1. The summed E-state index contributed by atoms with van der Waals surface area (Å²) in [5.41, 5.74) is 0.242. The number of carbonyl (C=O) groups excluding carboxylic acids is 1. The van der Waals surface area contributed by atoms with Gasteiger partial charge in [-0.1, -0.05) is 0 Å². The lowest BCUT2D eigenvalue weighted by Crippen LogP contribution is -2.32. The molecule has 0 aliphatic carbocycles. The maximum Gasteiger partial charge on any atom is 0.246 e. The molecule has 0 radical (unpaired) electrons. The zero-order valence-electron chi connectivity index (χ0n) is 13.2. The minimum atomic E-state index is -1.63. The van der Waals surface area contributed by atoms with E-state index in [1.54, 1.807) is 31.2 Å². The van der Waals surface area contributed by atoms with Gasteiger partial charge < -0.3 is 15.4 Å². The third-order valence-electron chi connectivity index (χ3n) is 3.23. The van der Waals surface area contributed by atoms with Crippen LogP contribution in [0.3, 0.4) is 0 Å². The van der Waals surface area contributed by atoms with Gasteiger partial charge in [-0.2, -0.15) is 0 Å². The molecule has 4 nitrogen and oxygen atoms in total. The average molecular weight is 338 g/mol. The second-order valence-corrected chi connectivity index (χ2v) is 5.04. The Morgan fingerprint density at radius 3 is 2.38 bits per heavy atom. The van der Waals surface area contributed by atoms with E-state index in [-0.39, 0.29) is 0 Å². The largest absolute Gasteiger partial charge is 0.494 e. The number of rotatable bonds is 6.